The highest BCUT2D eigenvalue weighted by Crippen LogP contribution is 2.27. The van der Waals surface area contributed by atoms with Crippen molar-refractivity contribution >= 4 is 22.2 Å². The maximum atomic E-state index is 13.0. The molecule has 0 fully saturated rings. The fourth-order valence-electron chi connectivity index (χ4n) is 2.28. The molecule has 0 unspecified atom stereocenters. The molecule has 130 valence electrons. The molecular weight excluding hydrogens is 337 g/mol. The number of benzene rings is 1. The van der Waals surface area contributed by atoms with Crippen LogP contribution < -0.4 is 10.1 Å². The summed E-state index contributed by atoms with van der Waals surface area (Å²) in [7, 11) is 0. The van der Waals surface area contributed by atoms with Crippen LogP contribution in [0.5, 0.6) is 5.88 Å². The number of aromatic nitrogens is 2. The lowest BCUT2D eigenvalue weighted by Crippen LogP contribution is -1.99. The van der Waals surface area contributed by atoms with Gasteiger partial charge in [0.25, 0.3) is 0 Å². The monoisotopic (exact) mass is 357 g/mol. The third kappa shape index (κ3) is 5.00. The molecule has 3 aromatic rings. The van der Waals surface area contributed by atoms with E-state index in [1.165, 1.54) is 36.3 Å². The number of nitrogens with one attached hydrogen (secondary N) is 1. The number of thiazole rings is 1. The van der Waals surface area contributed by atoms with E-state index in [2.05, 4.69) is 22.2 Å². The molecule has 2 aromatic heterocycles. The highest BCUT2D eigenvalue weighted by atomic mass is 32.1. The van der Waals surface area contributed by atoms with Gasteiger partial charge >= 0.3 is 0 Å². The zero-order valence-corrected chi connectivity index (χ0v) is 14.9. The Kier molecular flexibility index (Phi) is 5.95. The van der Waals surface area contributed by atoms with E-state index >= 15 is 0 Å². The first-order valence-corrected chi connectivity index (χ1v) is 9.20. The Labute approximate surface area is 150 Å². The van der Waals surface area contributed by atoms with Crippen LogP contribution in [0, 0.1) is 5.82 Å². The van der Waals surface area contributed by atoms with Gasteiger partial charge in [-0.05, 0) is 36.8 Å². The number of halogens is 1. The van der Waals surface area contributed by atoms with Gasteiger partial charge in [-0.3, -0.25) is 0 Å². The van der Waals surface area contributed by atoms with Crippen LogP contribution in [0.2, 0.25) is 0 Å². The predicted octanol–water partition coefficient (Wildman–Crippen LogP) is 5.66. The molecule has 0 radical (unpaired) electrons. The molecule has 0 saturated carbocycles. The average Bonchev–Trinajstić information content (AvgIpc) is 3.09. The Hall–Kier alpha value is -2.47. The van der Waals surface area contributed by atoms with Crippen molar-refractivity contribution in [2.24, 2.45) is 0 Å². The first-order chi connectivity index (χ1) is 12.2. The summed E-state index contributed by atoms with van der Waals surface area (Å²) in [6, 6.07) is 10.1. The van der Waals surface area contributed by atoms with Crippen LogP contribution in [-0.2, 0) is 0 Å². The summed E-state index contributed by atoms with van der Waals surface area (Å²) in [5.41, 5.74) is 2.55. The van der Waals surface area contributed by atoms with Crippen LogP contribution in [-0.4, -0.2) is 16.6 Å². The van der Waals surface area contributed by atoms with Crippen LogP contribution >= 0.6 is 11.3 Å². The molecule has 6 heteroatoms. The summed E-state index contributed by atoms with van der Waals surface area (Å²) in [5, 5.41) is 5.92. The molecular formula is C19H20FN3OS. The smallest absolute Gasteiger partial charge is 0.213 e. The van der Waals surface area contributed by atoms with Gasteiger partial charge in [0.1, 0.15) is 5.82 Å². The maximum absolute atomic E-state index is 13.0. The lowest BCUT2D eigenvalue weighted by molar-refractivity contribution is 0.295. The van der Waals surface area contributed by atoms with E-state index < -0.39 is 0 Å². The van der Waals surface area contributed by atoms with Crippen LogP contribution in [0.1, 0.15) is 26.2 Å². The Morgan fingerprint density at radius 3 is 2.68 bits per heavy atom. The normalized spacial score (nSPS) is 10.6. The van der Waals surface area contributed by atoms with Crippen molar-refractivity contribution < 1.29 is 9.13 Å². The van der Waals surface area contributed by atoms with Crippen molar-refractivity contribution in [2.45, 2.75) is 26.2 Å². The first-order valence-electron chi connectivity index (χ1n) is 8.32. The molecule has 0 aliphatic carbocycles. The molecule has 0 aliphatic rings. The second-order valence-corrected chi connectivity index (χ2v) is 6.47. The highest BCUT2D eigenvalue weighted by molar-refractivity contribution is 7.14. The molecule has 1 aromatic carbocycles. The van der Waals surface area contributed by atoms with Gasteiger partial charge in [-0.15, -0.1) is 11.3 Å². The standard InChI is InChI=1S/C19H20FN3OS/c1-2-3-4-11-24-18-10-9-16(12-21-18)22-19-23-17(13-25-19)14-5-7-15(20)8-6-14/h5-10,12-13H,2-4,11H2,1H3,(H,22,23). The molecule has 0 aliphatic heterocycles. The zero-order chi connectivity index (χ0) is 17.5. The van der Waals surface area contributed by atoms with E-state index in [1.807, 2.05) is 17.5 Å². The van der Waals surface area contributed by atoms with E-state index in [-0.39, 0.29) is 5.82 Å². The summed E-state index contributed by atoms with van der Waals surface area (Å²) in [5.74, 6) is 0.383. The van der Waals surface area contributed by atoms with Gasteiger partial charge in [-0.25, -0.2) is 14.4 Å². The van der Waals surface area contributed by atoms with Crippen molar-refractivity contribution in [3.05, 3.63) is 53.8 Å². The summed E-state index contributed by atoms with van der Waals surface area (Å²) in [4.78, 5) is 8.82. The van der Waals surface area contributed by atoms with Crippen molar-refractivity contribution in [3.8, 4) is 17.1 Å². The molecule has 3 rings (SSSR count). The van der Waals surface area contributed by atoms with E-state index in [4.69, 9.17) is 4.74 Å². The van der Waals surface area contributed by atoms with Crippen molar-refractivity contribution in [2.75, 3.05) is 11.9 Å². The first kappa shape index (κ1) is 17.4. The number of hydrogen-bond acceptors (Lipinski definition) is 5. The zero-order valence-electron chi connectivity index (χ0n) is 14.0. The fraction of sp³-hybridized carbons (Fsp3) is 0.263. The Morgan fingerprint density at radius 2 is 1.96 bits per heavy atom. The SMILES string of the molecule is CCCCCOc1ccc(Nc2nc(-c3ccc(F)cc3)cs2)cn1. The topological polar surface area (TPSA) is 47.0 Å². The number of unbranched alkanes of at least 4 members (excludes halogenated alkanes) is 2. The largest absolute Gasteiger partial charge is 0.478 e. The van der Waals surface area contributed by atoms with Gasteiger partial charge in [0, 0.05) is 17.0 Å². The molecule has 0 spiro atoms. The summed E-state index contributed by atoms with van der Waals surface area (Å²) in [6.07, 6.45) is 5.12. The minimum absolute atomic E-state index is 0.250. The van der Waals surface area contributed by atoms with E-state index in [0.29, 0.717) is 12.5 Å². The minimum atomic E-state index is -0.250. The number of hydrogen-bond donors (Lipinski definition) is 1. The van der Waals surface area contributed by atoms with Gasteiger partial charge in [-0.2, -0.15) is 0 Å². The molecule has 1 N–H and O–H groups in total. The second-order valence-electron chi connectivity index (χ2n) is 5.61. The number of ether oxygens (including phenoxy) is 1. The molecule has 0 amide bonds. The highest BCUT2D eigenvalue weighted by Gasteiger charge is 2.06. The maximum Gasteiger partial charge on any atom is 0.213 e. The predicted molar refractivity (Wildman–Crippen MR) is 100 cm³/mol. The molecule has 2 heterocycles. The summed E-state index contributed by atoms with van der Waals surface area (Å²) in [6.45, 7) is 2.86. The second kappa shape index (κ2) is 8.58. The number of pyridine rings is 1. The molecule has 0 bridgehead atoms. The van der Waals surface area contributed by atoms with Crippen molar-refractivity contribution in [1.82, 2.24) is 9.97 Å². The lowest BCUT2D eigenvalue weighted by atomic mass is 10.2. The van der Waals surface area contributed by atoms with E-state index in [9.17, 15) is 4.39 Å². The van der Waals surface area contributed by atoms with Gasteiger partial charge in [0.15, 0.2) is 5.13 Å². The van der Waals surface area contributed by atoms with Gasteiger partial charge in [-0.1, -0.05) is 19.8 Å². The van der Waals surface area contributed by atoms with E-state index in [0.717, 1.165) is 28.5 Å². The van der Waals surface area contributed by atoms with Crippen LogP contribution in [0.3, 0.4) is 0 Å². The summed E-state index contributed by atoms with van der Waals surface area (Å²) >= 11 is 1.49. The quantitative estimate of drug-likeness (QED) is 0.529. The van der Waals surface area contributed by atoms with Crippen LogP contribution in [0.4, 0.5) is 15.2 Å². The van der Waals surface area contributed by atoms with Crippen LogP contribution in [0.15, 0.2) is 48.0 Å². The molecule has 0 saturated heterocycles. The molecule has 4 nitrogen and oxygen atoms in total. The summed E-state index contributed by atoms with van der Waals surface area (Å²) < 4.78 is 18.6. The number of anilines is 2. The molecule has 0 atom stereocenters. The third-order valence-corrected chi connectivity index (χ3v) is 4.39. The Balaban J connectivity index is 1.58. The Morgan fingerprint density at radius 1 is 1.12 bits per heavy atom. The van der Waals surface area contributed by atoms with Gasteiger partial charge in [0.2, 0.25) is 5.88 Å². The number of nitrogens with zero attached hydrogens (tertiary/aromatic N) is 2. The third-order valence-electron chi connectivity index (χ3n) is 3.63. The van der Waals surface area contributed by atoms with Gasteiger partial charge < -0.3 is 10.1 Å². The van der Waals surface area contributed by atoms with E-state index in [1.54, 1.807) is 18.3 Å². The fourth-order valence-corrected chi connectivity index (χ4v) is 3.02. The Bertz CT molecular complexity index is 787. The number of rotatable bonds is 8. The van der Waals surface area contributed by atoms with Crippen molar-refractivity contribution in [1.29, 1.82) is 0 Å². The average molecular weight is 357 g/mol. The van der Waals surface area contributed by atoms with Gasteiger partial charge in [0.05, 0.1) is 24.2 Å². The lowest BCUT2D eigenvalue weighted by Gasteiger charge is -2.06. The van der Waals surface area contributed by atoms with Crippen molar-refractivity contribution in [3.63, 3.8) is 0 Å². The minimum Gasteiger partial charge on any atom is -0.478 e. The molecule has 25 heavy (non-hydrogen) atoms. The van der Waals surface area contributed by atoms with Crippen LogP contribution in [0.25, 0.3) is 11.3 Å².